The number of carboxylic acid groups (broad SMARTS) is 1. The van der Waals surface area contributed by atoms with Gasteiger partial charge in [-0.2, -0.15) is 18.3 Å². The molecule has 1 heterocycles. The van der Waals surface area contributed by atoms with Crippen LogP contribution < -0.4 is 5.32 Å². The van der Waals surface area contributed by atoms with Crippen LogP contribution in [0.1, 0.15) is 17.0 Å². The lowest BCUT2D eigenvalue weighted by Crippen LogP contribution is -2.11. The fraction of sp³-hybridized carbons (Fsp3) is 0.200. The van der Waals surface area contributed by atoms with Crippen molar-refractivity contribution in [2.45, 2.75) is 26.6 Å². The molecule has 1 aromatic heterocycles. The maximum absolute atomic E-state index is 12.7. The monoisotopic (exact) mass is 389 g/mol. The molecule has 5 nitrogen and oxygen atoms in total. The molecule has 0 bridgehead atoms. The summed E-state index contributed by atoms with van der Waals surface area (Å²) in [6.45, 7) is 3.32. The minimum Gasteiger partial charge on any atom is -0.480 e. The van der Waals surface area contributed by atoms with Gasteiger partial charge in [0.25, 0.3) is 0 Å². The number of halogens is 3. The zero-order chi connectivity index (χ0) is 20.5. The van der Waals surface area contributed by atoms with E-state index in [1.165, 1.54) is 16.8 Å². The second-order valence-corrected chi connectivity index (χ2v) is 6.34. The van der Waals surface area contributed by atoms with Gasteiger partial charge in [0.15, 0.2) is 0 Å². The third kappa shape index (κ3) is 4.00. The standard InChI is InChI=1S/C20H18F3N3O2/c1-12-19(13(2)26(25-12)11-18(27)28)16-5-3-4-6-17(16)24-15-9-7-14(8-10-15)20(21,22)23/h3-10,24H,11H2,1-2H3,(H,27,28). The number of aryl methyl sites for hydroxylation is 1. The first kappa shape index (κ1) is 19.5. The molecule has 0 aliphatic heterocycles. The number of para-hydroxylation sites is 1. The first-order chi connectivity index (χ1) is 13.2. The molecule has 0 spiro atoms. The SMILES string of the molecule is Cc1nn(CC(=O)O)c(C)c1-c1ccccc1Nc1ccc(C(F)(F)F)cc1. The van der Waals surface area contributed by atoms with Crippen molar-refractivity contribution in [2.24, 2.45) is 0 Å². The van der Waals surface area contributed by atoms with Gasteiger partial charge in [0.05, 0.1) is 11.3 Å². The Hall–Kier alpha value is -3.29. The first-order valence-corrected chi connectivity index (χ1v) is 8.46. The Balaban J connectivity index is 1.97. The van der Waals surface area contributed by atoms with Crippen LogP contribution in [0.4, 0.5) is 24.5 Å². The molecule has 0 radical (unpaired) electrons. The summed E-state index contributed by atoms with van der Waals surface area (Å²) in [6, 6.07) is 12.1. The van der Waals surface area contributed by atoms with Gasteiger partial charge in [-0.05, 0) is 44.2 Å². The molecule has 8 heteroatoms. The molecule has 0 atom stereocenters. The van der Waals surface area contributed by atoms with E-state index in [4.69, 9.17) is 5.11 Å². The lowest BCUT2D eigenvalue weighted by atomic mass is 10.0. The third-order valence-electron chi connectivity index (χ3n) is 4.35. The van der Waals surface area contributed by atoms with E-state index >= 15 is 0 Å². The normalized spacial score (nSPS) is 11.5. The number of benzene rings is 2. The Labute approximate surface area is 159 Å². The van der Waals surface area contributed by atoms with Gasteiger partial charge in [-0.15, -0.1) is 0 Å². The smallest absolute Gasteiger partial charge is 0.416 e. The van der Waals surface area contributed by atoms with Crippen LogP contribution >= 0.6 is 0 Å². The molecule has 3 aromatic rings. The largest absolute Gasteiger partial charge is 0.480 e. The highest BCUT2D eigenvalue weighted by atomic mass is 19.4. The van der Waals surface area contributed by atoms with Crippen LogP contribution in [0, 0.1) is 13.8 Å². The number of alkyl halides is 3. The van der Waals surface area contributed by atoms with Gasteiger partial charge in [-0.1, -0.05) is 18.2 Å². The van der Waals surface area contributed by atoms with Crippen molar-refractivity contribution in [3.8, 4) is 11.1 Å². The number of carboxylic acids is 1. The van der Waals surface area contributed by atoms with Crippen LogP contribution in [-0.4, -0.2) is 20.9 Å². The van der Waals surface area contributed by atoms with Gasteiger partial charge < -0.3 is 10.4 Å². The van der Waals surface area contributed by atoms with Crippen LogP contribution in [0.2, 0.25) is 0 Å². The van der Waals surface area contributed by atoms with Crippen molar-refractivity contribution in [1.29, 1.82) is 0 Å². The second kappa shape index (κ2) is 7.38. The van der Waals surface area contributed by atoms with E-state index in [0.717, 1.165) is 23.3 Å². The molecule has 0 amide bonds. The summed E-state index contributed by atoms with van der Waals surface area (Å²) in [7, 11) is 0. The van der Waals surface area contributed by atoms with Gasteiger partial charge in [-0.3, -0.25) is 9.48 Å². The molecule has 146 valence electrons. The van der Waals surface area contributed by atoms with Crippen molar-refractivity contribution in [3.63, 3.8) is 0 Å². The molecule has 28 heavy (non-hydrogen) atoms. The Morgan fingerprint density at radius 3 is 2.36 bits per heavy atom. The van der Waals surface area contributed by atoms with Crippen LogP contribution in [0.3, 0.4) is 0 Å². The van der Waals surface area contributed by atoms with Crippen LogP contribution in [-0.2, 0) is 17.5 Å². The molecule has 3 rings (SSSR count). The number of rotatable bonds is 5. The molecule has 0 unspecified atom stereocenters. The van der Waals surface area contributed by atoms with E-state index < -0.39 is 17.7 Å². The highest BCUT2D eigenvalue weighted by molar-refractivity contribution is 5.83. The fourth-order valence-corrected chi connectivity index (χ4v) is 3.08. The van der Waals surface area contributed by atoms with E-state index in [0.29, 0.717) is 22.8 Å². The molecule has 0 aliphatic rings. The van der Waals surface area contributed by atoms with E-state index in [-0.39, 0.29) is 6.54 Å². The van der Waals surface area contributed by atoms with E-state index in [1.54, 1.807) is 19.9 Å². The van der Waals surface area contributed by atoms with Gasteiger partial charge in [-0.25, -0.2) is 0 Å². The quantitative estimate of drug-likeness (QED) is 0.643. The van der Waals surface area contributed by atoms with Gasteiger partial charge in [0, 0.05) is 28.2 Å². The highest BCUT2D eigenvalue weighted by Crippen LogP contribution is 2.35. The summed E-state index contributed by atoms with van der Waals surface area (Å²) in [5.74, 6) is -0.992. The molecule has 0 saturated heterocycles. The van der Waals surface area contributed by atoms with Crippen LogP contribution in [0.5, 0.6) is 0 Å². The fourth-order valence-electron chi connectivity index (χ4n) is 3.08. The zero-order valence-corrected chi connectivity index (χ0v) is 15.2. The summed E-state index contributed by atoms with van der Waals surface area (Å²) in [4.78, 5) is 11.0. The minimum atomic E-state index is -4.39. The lowest BCUT2D eigenvalue weighted by molar-refractivity contribution is -0.138. The minimum absolute atomic E-state index is 0.249. The van der Waals surface area contributed by atoms with Crippen molar-refractivity contribution >= 4 is 17.3 Å². The van der Waals surface area contributed by atoms with Gasteiger partial charge in [0.2, 0.25) is 0 Å². The predicted molar refractivity (Wildman–Crippen MR) is 99.5 cm³/mol. The van der Waals surface area contributed by atoms with E-state index in [1.807, 2.05) is 18.2 Å². The first-order valence-electron chi connectivity index (χ1n) is 8.46. The van der Waals surface area contributed by atoms with E-state index in [2.05, 4.69) is 10.4 Å². The number of aliphatic carboxylic acids is 1. The van der Waals surface area contributed by atoms with Gasteiger partial charge >= 0.3 is 12.1 Å². The maximum Gasteiger partial charge on any atom is 0.416 e. The maximum atomic E-state index is 12.7. The summed E-state index contributed by atoms with van der Waals surface area (Å²) in [5.41, 5.74) is 3.41. The number of nitrogens with zero attached hydrogens (tertiary/aromatic N) is 2. The van der Waals surface area contributed by atoms with Crippen LogP contribution in [0.15, 0.2) is 48.5 Å². The molecular formula is C20H18F3N3O2. The second-order valence-electron chi connectivity index (χ2n) is 6.34. The number of anilines is 2. The number of carbonyl (C=O) groups is 1. The van der Waals surface area contributed by atoms with Crippen molar-refractivity contribution in [1.82, 2.24) is 9.78 Å². The molecule has 0 fully saturated rings. The average Bonchev–Trinajstić information content (AvgIpc) is 2.88. The number of hydrogen-bond donors (Lipinski definition) is 2. The number of hydrogen-bond acceptors (Lipinski definition) is 3. The van der Waals surface area contributed by atoms with Crippen molar-refractivity contribution < 1.29 is 23.1 Å². The topological polar surface area (TPSA) is 67.2 Å². The summed E-state index contributed by atoms with van der Waals surface area (Å²) in [5, 5.41) is 16.5. The van der Waals surface area contributed by atoms with Gasteiger partial charge in [0.1, 0.15) is 6.54 Å². The highest BCUT2D eigenvalue weighted by Gasteiger charge is 2.30. The molecule has 2 aromatic carbocycles. The third-order valence-corrected chi connectivity index (χ3v) is 4.35. The Morgan fingerprint density at radius 1 is 1.11 bits per heavy atom. The predicted octanol–water partition coefficient (Wildman–Crippen LogP) is 5.01. The zero-order valence-electron chi connectivity index (χ0n) is 15.2. The number of nitrogens with one attached hydrogen (secondary N) is 1. The van der Waals surface area contributed by atoms with E-state index in [9.17, 15) is 18.0 Å². The Morgan fingerprint density at radius 2 is 1.75 bits per heavy atom. The lowest BCUT2D eigenvalue weighted by Gasteiger charge is -2.14. The summed E-state index contributed by atoms with van der Waals surface area (Å²) < 4.78 is 39.6. The summed E-state index contributed by atoms with van der Waals surface area (Å²) in [6.07, 6.45) is -4.39. The Kier molecular flexibility index (Phi) is 5.13. The summed E-state index contributed by atoms with van der Waals surface area (Å²) >= 11 is 0. The van der Waals surface area contributed by atoms with Crippen molar-refractivity contribution in [3.05, 3.63) is 65.5 Å². The molecule has 2 N–H and O–H groups in total. The molecule has 0 saturated carbocycles. The average molecular weight is 389 g/mol. The van der Waals surface area contributed by atoms with Crippen LogP contribution in [0.25, 0.3) is 11.1 Å². The Bertz CT molecular complexity index is 1010. The molecule has 0 aliphatic carbocycles. The molecular weight excluding hydrogens is 371 g/mol. The number of aromatic nitrogens is 2. The van der Waals surface area contributed by atoms with Crippen molar-refractivity contribution in [2.75, 3.05) is 5.32 Å².